The fraction of sp³-hybridized carbons (Fsp3) is 0.375. The molecule has 1 aromatic rings. The lowest BCUT2D eigenvalue weighted by Gasteiger charge is -1.97. The summed E-state index contributed by atoms with van der Waals surface area (Å²) >= 11 is 0. The Morgan fingerprint density at radius 2 is 2.36 bits per heavy atom. The van der Waals surface area contributed by atoms with Gasteiger partial charge < -0.3 is 9.84 Å². The lowest BCUT2D eigenvalue weighted by molar-refractivity contribution is 0.133. The summed E-state index contributed by atoms with van der Waals surface area (Å²) < 4.78 is 5.17. The normalized spacial score (nSPS) is 15.0. The molecule has 1 aliphatic heterocycles. The summed E-state index contributed by atoms with van der Waals surface area (Å²) in [5.74, 6) is 0. The predicted octanol–water partition coefficient (Wildman–Crippen LogP) is 0.604. The average molecular weight is 151 g/mol. The minimum Gasteiger partial charge on any atom is -0.390 e. The van der Waals surface area contributed by atoms with E-state index < -0.39 is 0 Å². The van der Waals surface area contributed by atoms with Crippen LogP contribution in [0, 0.1) is 0 Å². The van der Waals surface area contributed by atoms with Gasteiger partial charge in [0.2, 0.25) is 0 Å². The van der Waals surface area contributed by atoms with Crippen LogP contribution < -0.4 is 0 Å². The van der Waals surface area contributed by atoms with Crippen LogP contribution in [-0.2, 0) is 24.6 Å². The summed E-state index contributed by atoms with van der Waals surface area (Å²) in [7, 11) is 0. The first-order chi connectivity index (χ1) is 5.40. The number of fused-ring (bicyclic) bond motifs is 1. The summed E-state index contributed by atoms with van der Waals surface area (Å²) in [6.07, 6.45) is 0. The van der Waals surface area contributed by atoms with Crippen molar-refractivity contribution in [2.45, 2.75) is 19.8 Å². The third-order valence-electron chi connectivity index (χ3n) is 1.78. The Hall–Kier alpha value is -0.930. The second kappa shape index (κ2) is 2.60. The second-order valence-electron chi connectivity index (χ2n) is 2.56. The van der Waals surface area contributed by atoms with E-state index in [0.717, 1.165) is 11.3 Å². The third kappa shape index (κ3) is 1.13. The molecule has 0 spiro atoms. The Balaban J connectivity index is 2.41. The van der Waals surface area contributed by atoms with E-state index in [9.17, 15) is 0 Å². The highest BCUT2D eigenvalue weighted by Crippen LogP contribution is 2.17. The van der Waals surface area contributed by atoms with Crippen LogP contribution in [0.5, 0.6) is 0 Å². The molecule has 0 aromatic carbocycles. The molecule has 11 heavy (non-hydrogen) atoms. The molecule has 0 amide bonds. The highest BCUT2D eigenvalue weighted by atomic mass is 16.5. The number of nitrogens with zero attached hydrogens (tertiary/aromatic N) is 1. The van der Waals surface area contributed by atoms with Crippen molar-refractivity contribution in [2.75, 3.05) is 0 Å². The first kappa shape index (κ1) is 6.76. The highest BCUT2D eigenvalue weighted by Gasteiger charge is 2.11. The largest absolute Gasteiger partial charge is 0.390 e. The van der Waals surface area contributed by atoms with Gasteiger partial charge in [0.1, 0.15) is 0 Å². The molecule has 0 fully saturated rings. The molecular weight excluding hydrogens is 142 g/mol. The summed E-state index contributed by atoms with van der Waals surface area (Å²) in [4.78, 5) is 4.20. The van der Waals surface area contributed by atoms with Crippen molar-refractivity contribution >= 4 is 0 Å². The average Bonchev–Trinajstić information content (AvgIpc) is 2.50. The maximum atomic E-state index is 8.77. The molecule has 1 N–H and O–H groups in total. The fourth-order valence-corrected chi connectivity index (χ4v) is 1.18. The van der Waals surface area contributed by atoms with Crippen LogP contribution in [0.25, 0.3) is 0 Å². The molecule has 1 aromatic heterocycles. The molecule has 0 saturated carbocycles. The molecule has 3 nitrogen and oxygen atoms in total. The molecule has 58 valence electrons. The molecule has 2 rings (SSSR count). The number of pyridine rings is 1. The van der Waals surface area contributed by atoms with Crippen LogP contribution in [0.15, 0.2) is 12.1 Å². The van der Waals surface area contributed by atoms with Crippen molar-refractivity contribution in [3.05, 3.63) is 29.1 Å². The number of hydrogen-bond donors (Lipinski definition) is 1. The van der Waals surface area contributed by atoms with Gasteiger partial charge in [-0.15, -0.1) is 0 Å². The van der Waals surface area contributed by atoms with Crippen molar-refractivity contribution in [2.24, 2.45) is 0 Å². The van der Waals surface area contributed by atoms with Crippen LogP contribution >= 0.6 is 0 Å². The molecule has 0 aliphatic carbocycles. The van der Waals surface area contributed by atoms with E-state index in [1.54, 1.807) is 0 Å². The summed E-state index contributed by atoms with van der Waals surface area (Å²) in [6, 6.07) is 3.79. The molecule has 0 saturated heterocycles. The smallest absolute Gasteiger partial charge is 0.0896 e. The number of ether oxygens (including phenoxy) is 1. The molecule has 0 unspecified atom stereocenters. The van der Waals surface area contributed by atoms with Gasteiger partial charge in [0.25, 0.3) is 0 Å². The SMILES string of the molecule is OCc1ccc2c(n1)COC2. The summed E-state index contributed by atoms with van der Waals surface area (Å²) in [6.45, 7) is 1.25. The van der Waals surface area contributed by atoms with Gasteiger partial charge in [-0.3, -0.25) is 4.98 Å². The summed E-state index contributed by atoms with van der Waals surface area (Å²) in [5, 5.41) is 8.77. The van der Waals surface area contributed by atoms with E-state index in [0.29, 0.717) is 18.9 Å². The predicted molar refractivity (Wildman–Crippen MR) is 38.7 cm³/mol. The Labute approximate surface area is 64.6 Å². The van der Waals surface area contributed by atoms with E-state index in [2.05, 4.69) is 4.98 Å². The Morgan fingerprint density at radius 3 is 3.18 bits per heavy atom. The Morgan fingerprint density at radius 1 is 1.45 bits per heavy atom. The zero-order valence-corrected chi connectivity index (χ0v) is 6.08. The molecule has 0 bridgehead atoms. The van der Waals surface area contributed by atoms with Gasteiger partial charge >= 0.3 is 0 Å². The van der Waals surface area contributed by atoms with E-state index in [4.69, 9.17) is 9.84 Å². The van der Waals surface area contributed by atoms with Crippen molar-refractivity contribution in [1.82, 2.24) is 4.98 Å². The number of aliphatic hydroxyl groups is 1. The second-order valence-corrected chi connectivity index (χ2v) is 2.56. The number of hydrogen-bond acceptors (Lipinski definition) is 3. The molecule has 0 radical (unpaired) electrons. The minimum atomic E-state index is 0.00722. The van der Waals surface area contributed by atoms with Crippen LogP contribution in [-0.4, -0.2) is 10.1 Å². The van der Waals surface area contributed by atoms with E-state index in [1.165, 1.54) is 0 Å². The van der Waals surface area contributed by atoms with Crippen molar-refractivity contribution in [3.8, 4) is 0 Å². The topological polar surface area (TPSA) is 42.4 Å². The quantitative estimate of drug-likeness (QED) is 0.639. The molecule has 0 atom stereocenters. The van der Waals surface area contributed by atoms with E-state index >= 15 is 0 Å². The van der Waals surface area contributed by atoms with Gasteiger partial charge in [-0.1, -0.05) is 6.07 Å². The molecule has 1 aliphatic rings. The number of rotatable bonds is 1. The minimum absolute atomic E-state index is 0.00722. The first-order valence-corrected chi connectivity index (χ1v) is 3.56. The van der Waals surface area contributed by atoms with Crippen molar-refractivity contribution < 1.29 is 9.84 Å². The maximum Gasteiger partial charge on any atom is 0.0896 e. The molecule has 2 heterocycles. The lowest BCUT2D eigenvalue weighted by Crippen LogP contribution is -1.94. The van der Waals surface area contributed by atoms with E-state index in [1.807, 2.05) is 12.1 Å². The molecular formula is C8H9NO2. The van der Waals surface area contributed by atoms with Gasteiger partial charge in [0.05, 0.1) is 31.2 Å². The Bertz CT molecular complexity index is 273. The fourth-order valence-electron chi connectivity index (χ4n) is 1.18. The zero-order chi connectivity index (χ0) is 7.68. The standard InChI is InChI=1S/C8H9NO2/c10-3-7-2-1-6-4-11-5-8(6)9-7/h1-2,10H,3-5H2. The van der Waals surface area contributed by atoms with Crippen molar-refractivity contribution in [1.29, 1.82) is 0 Å². The van der Waals surface area contributed by atoms with Gasteiger partial charge in [-0.05, 0) is 6.07 Å². The van der Waals surface area contributed by atoms with Crippen LogP contribution in [0.4, 0.5) is 0 Å². The Kier molecular flexibility index (Phi) is 1.60. The van der Waals surface area contributed by atoms with Crippen LogP contribution in [0.3, 0.4) is 0 Å². The molecule has 3 heteroatoms. The third-order valence-corrected chi connectivity index (χ3v) is 1.78. The van der Waals surface area contributed by atoms with E-state index in [-0.39, 0.29) is 6.61 Å². The van der Waals surface area contributed by atoms with Crippen molar-refractivity contribution in [3.63, 3.8) is 0 Å². The van der Waals surface area contributed by atoms with Gasteiger partial charge in [0.15, 0.2) is 0 Å². The maximum absolute atomic E-state index is 8.77. The lowest BCUT2D eigenvalue weighted by atomic mass is 10.2. The van der Waals surface area contributed by atoms with Gasteiger partial charge in [0, 0.05) is 5.56 Å². The monoisotopic (exact) mass is 151 g/mol. The van der Waals surface area contributed by atoms with Crippen LogP contribution in [0.2, 0.25) is 0 Å². The van der Waals surface area contributed by atoms with Gasteiger partial charge in [-0.2, -0.15) is 0 Å². The highest BCUT2D eigenvalue weighted by molar-refractivity contribution is 5.23. The zero-order valence-electron chi connectivity index (χ0n) is 6.08. The first-order valence-electron chi connectivity index (χ1n) is 3.56. The number of aromatic nitrogens is 1. The number of aliphatic hydroxyl groups excluding tert-OH is 1. The van der Waals surface area contributed by atoms with Crippen LogP contribution in [0.1, 0.15) is 17.0 Å². The van der Waals surface area contributed by atoms with Gasteiger partial charge in [-0.25, -0.2) is 0 Å². The summed E-state index contributed by atoms with van der Waals surface area (Å²) in [5.41, 5.74) is 2.83.